The van der Waals surface area contributed by atoms with Gasteiger partial charge in [-0.1, -0.05) is 25.4 Å². The molecule has 0 aliphatic rings. The molecule has 1 N–H and O–H groups in total. The van der Waals surface area contributed by atoms with Crippen LogP contribution in [0.5, 0.6) is 0 Å². The number of sulfonamides is 1. The van der Waals surface area contributed by atoms with Gasteiger partial charge in [-0.15, -0.1) is 0 Å². The molecule has 1 rings (SSSR count). The van der Waals surface area contributed by atoms with E-state index in [0.717, 1.165) is 12.1 Å². The SMILES string of the molecule is CC(CC(C)C)=NNS(=O)(=O)c1ccc(Cl)cc1. The highest BCUT2D eigenvalue weighted by atomic mass is 35.5. The molecule has 0 aliphatic carbocycles. The van der Waals surface area contributed by atoms with Gasteiger partial charge in [0.05, 0.1) is 4.90 Å². The molecule has 100 valence electrons. The molecule has 0 amide bonds. The third-order valence-electron chi connectivity index (χ3n) is 2.18. The fraction of sp³-hybridized carbons (Fsp3) is 0.417. The summed E-state index contributed by atoms with van der Waals surface area (Å²) in [4.78, 5) is 2.36. The van der Waals surface area contributed by atoms with Gasteiger partial charge in [0.15, 0.2) is 0 Å². The van der Waals surface area contributed by atoms with Crippen LogP contribution in [0.4, 0.5) is 0 Å². The zero-order valence-electron chi connectivity index (χ0n) is 10.6. The second-order valence-corrected chi connectivity index (χ2v) is 6.59. The largest absolute Gasteiger partial charge is 0.276 e. The van der Waals surface area contributed by atoms with Crippen LogP contribution >= 0.6 is 11.6 Å². The summed E-state index contributed by atoms with van der Waals surface area (Å²) in [5.41, 5.74) is 0.752. The number of halogens is 1. The molecule has 0 radical (unpaired) electrons. The molecular formula is C12H17ClN2O2S. The zero-order chi connectivity index (χ0) is 13.8. The normalized spacial score (nSPS) is 12.8. The predicted molar refractivity (Wildman–Crippen MR) is 74.3 cm³/mol. The van der Waals surface area contributed by atoms with Gasteiger partial charge in [-0.25, -0.2) is 4.83 Å². The smallest absolute Gasteiger partial charge is 0.200 e. The van der Waals surface area contributed by atoms with Crippen molar-refractivity contribution in [2.24, 2.45) is 11.0 Å². The van der Waals surface area contributed by atoms with E-state index in [2.05, 4.69) is 9.93 Å². The molecule has 0 atom stereocenters. The van der Waals surface area contributed by atoms with Gasteiger partial charge in [-0.3, -0.25) is 0 Å². The minimum atomic E-state index is -3.60. The molecule has 0 saturated heterocycles. The van der Waals surface area contributed by atoms with Gasteiger partial charge >= 0.3 is 0 Å². The molecule has 0 spiro atoms. The predicted octanol–water partition coefficient (Wildman–Crippen LogP) is 3.04. The molecule has 0 saturated carbocycles. The summed E-state index contributed by atoms with van der Waals surface area (Å²) in [7, 11) is -3.60. The Morgan fingerprint density at radius 1 is 1.33 bits per heavy atom. The van der Waals surface area contributed by atoms with Gasteiger partial charge in [-0.05, 0) is 43.5 Å². The molecule has 0 aliphatic heterocycles. The van der Waals surface area contributed by atoms with Crippen molar-refractivity contribution >= 4 is 27.3 Å². The maximum absolute atomic E-state index is 11.9. The second-order valence-electron chi connectivity index (χ2n) is 4.49. The first-order chi connectivity index (χ1) is 8.31. The highest BCUT2D eigenvalue weighted by Crippen LogP contribution is 2.13. The van der Waals surface area contributed by atoms with Crippen molar-refractivity contribution in [2.75, 3.05) is 0 Å². The maximum atomic E-state index is 11.9. The number of hydrogen-bond donors (Lipinski definition) is 1. The van der Waals surface area contributed by atoms with E-state index in [1.54, 1.807) is 6.92 Å². The second kappa shape index (κ2) is 6.20. The van der Waals surface area contributed by atoms with E-state index in [0.29, 0.717) is 10.9 Å². The van der Waals surface area contributed by atoms with E-state index in [-0.39, 0.29) is 4.90 Å². The summed E-state index contributed by atoms with van der Waals surface area (Å²) >= 11 is 5.70. The van der Waals surface area contributed by atoms with Crippen LogP contribution < -0.4 is 4.83 Å². The van der Waals surface area contributed by atoms with Crippen molar-refractivity contribution in [1.29, 1.82) is 0 Å². The third kappa shape index (κ3) is 4.66. The molecule has 0 bridgehead atoms. The summed E-state index contributed by atoms with van der Waals surface area (Å²) in [6.45, 7) is 5.89. The molecule has 6 heteroatoms. The van der Waals surface area contributed by atoms with Gasteiger partial charge in [0, 0.05) is 10.7 Å². The third-order valence-corrected chi connectivity index (χ3v) is 3.66. The number of hydrazone groups is 1. The van der Waals surface area contributed by atoms with E-state index in [1.165, 1.54) is 24.3 Å². The zero-order valence-corrected chi connectivity index (χ0v) is 12.2. The lowest BCUT2D eigenvalue weighted by molar-refractivity contribution is 0.583. The van der Waals surface area contributed by atoms with Crippen molar-refractivity contribution in [3.05, 3.63) is 29.3 Å². The Hall–Kier alpha value is -1.07. The van der Waals surface area contributed by atoms with Crippen molar-refractivity contribution in [3.63, 3.8) is 0 Å². The summed E-state index contributed by atoms with van der Waals surface area (Å²) in [6, 6.07) is 5.94. The van der Waals surface area contributed by atoms with Gasteiger partial charge in [0.25, 0.3) is 10.0 Å². The van der Waals surface area contributed by atoms with Crippen LogP contribution in [0, 0.1) is 5.92 Å². The van der Waals surface area contributed by atoms with E-state index in [1.807, 2.05) is 13.8 Å². The minimum Gasteiger partial charge on any atom is -0.200 e. The first-order valence-corrected chi connectivity index (χ1v) is 7.48. The monoisotopic (exact) mass is 288 g/mol. The topological polar surface area (TPSA) is 58.5 Å². The fourth-order valence-corrected chi connectivity index (χ4v) is 2.44. The van der Waals surface area contributed by atoms with Gasteiger partial charge in [-0.2, -0.15) is 13.5 Å². The number of nitrogens with one attached hydrogen (secondary N) is 1. The molecule has 0 aromatic heterocycles. The van der Waals surface area contributed by atoms with E-state index in [9.17, 15) is 8.42 Å². The Balaban J connectivity index is 2.80. The van der Waals surface area contributed by atoms with Gasteiger partial charge < -0.3 is 0 Å². The Morgan fingerprint density at radius 3 is 2.39 bits per heavy atom. The van der Waals surface area contributed by atoms with Crippen LogP contribution in [0.3, 0.4) is 0 Å². The van der Waals surface area contributed by atoms with E-state index < -0.39 is 10.0 Å². The quantitative estimate of drug-likeness (QED) is 0.669. The van der Waals surface area contributed by atoms with E-state index >= 15 is 0 Å². The Morgan fingerprint density at radius 2 is 1.89 bits per heavy atom. The number of rotatable bonds is 5. The summed E-state index contributed by atoms with van der Waals surface area (Å²) in [5.74, 6) is 0.439. The Bertz CT molecular complexity index is 522. The van der Waals surface area contributed by atoms with Crippen LogP contribution in [-0.2, 0) is 10.0 Å². The summed E-state index contributed by atoms with van der Waals surface area (Å²) in [6.07, 6.45) is 0.753. The highest BCUT2D eigenvalue weighted by molar-refractivity contribution is 7.89. The van der Waals surface area contributed by atoms with E-state index in [4.69, 9.17) is 11.6 Å². The maximum Gasteiger partial charge on any atom is 0.276 e. The molecule has 4 nitrogen and oxygen atoms in total. The first kappa shape index (κ1) is 15.0. The minimum absolute atomic E-state index is 0.146. The molecule has 1 aromatic rings. The Kier molecular flexibility index (Phi) is 5.16. The number of nitrogens with zero attached hydrogens (tertiary/aromatic N) is 1. The molecule has 1 aromatic carbocycles. The lowest BCUT2D eigenvalue weighted by Crippen LogP contribution is -2.20. The summed E-state index contributed by atoms with van der Waals surface area (Å²) < 4.78 is 23.7. The lowest BCUT2D eigenvalue weighted by Gasteiger charge is -2.06. The van der Waals surface area contributed by atoms with Crippen molar-refractivity contribution in [2.45, 2.75) is 32.1 Å². The van der Waals surface area contributed by atoms with Crippen LogP contribution in [-0.4, -0.2) is 14.1 Å². The lowest BCUT2D eigenvalue weighted by atomic mass is 10.1. The number of benzene rings is 1. The standard InChI is InChI=1S/C12H17ClN2O2S/c1-9(2)8-10(3)14-15-18(16,17)12-6-4-11(13)5-7-12/h4-7,9,15H,8H2,1-3H3. The van der Waals surface area contributed by atoms with Crippen molar-refractivity contribution in [1.82, 2.24) is 4.83 Å². The molecule has 0 unspecified atom stereocenters. The molecule has 18 heavy (non-hydrogen) atoms. The van der Waals surface area contributed by atoms with Gasteiger partial charge in [0.1, 0.15) is 0 Å². The number of hydrogen-bond acceptors (Lipinski definition) is 3. The molecule has 0 heterocycles. The molecular weight excluding hydrogens is 272 g/mol. The Labute approximate surface area is 113 Å². The van der Waals surface area contributed by atoms with Gasteiger partial charge in [0.2, 0.25) is 0 Å². The van der Waals surface area contributed by atoms with Crippen LogP contribution in [0.1, 0.15) is 27.2 Å². The van der Waals surface area contributed by atoms with Crippen molar-refractivity contribution in [3.8, 4) is 0 Å². The fourth-order valence-electron chi connectivity index (χ4n) is 1.44. The highest BCUT2D eigenvalue weighted by Gasteiger charge is 2.12. The van der Waals surface area contributed by atoms with Crippen LogP contribution in [0.2, 0.25) is 5.02 Å². The average Bonchev–Trinajstić information content (AvgIpc) is 2.26. The van der Waals surface area contributed by atoms with Crippen LogP contribution in [0.25, 0.3) is 0 Å². The average molecular weight is 289 g/mol. The van der Waals surface area contributed by atoms with Crippen LogP contribution in [0.15, 0.2) is 34.3 Å². The summed E-state index contributed by atoms with van der Waals surface area (Å²) in [5, 5.41) is 4.37. The molecule has 0 fully saturated rings. The first-order valence-electron chi connectivity index (χ1n) is 5.62. The van der Waals surface area contributed by atoms with Crippen molar-refractivity contribution < 1.29 is 8.42 Å².